The normalized spacial score (nSPS) is 14.7. The number of hydrogen-bond donors (Lipinski definition) is 2. The van der Waals surface area contributed by atoms with Gasteiger partial charge in [-0.3, -0.25) is 4.79 Å². The molecule has 1 amide bonds. The zero-order valence-electron chi connectivity index (χ0n) is 13.4. The van der Waals surface area contributed by atoms with Crippen LogP contribution in [0.2, 0.25) is 0 Å². The predicted molar refractivity (Wildman–Crippen MR) is 85.0 cm³/mol. The number of hydrogen-bond acceptors (Lipinski definition) is 2. The van der Waals surface area contributed by atoms with Crippen molar-refractivity contribution in [3.8, 4) is 0 Å². The molecule has 3 nitrogen and oxygen atoms in total. The summed E-state index contributed by atoms with van der Waals surface area (Å²) in [5, 5.41) is 3.10. The molecule has 0 aliphatic rings. The van der Waals surface area contributed by atoms with Crippen LogP contribution in [0.3, 0.4) is 0 Å². The van der Waals surface area contributed by atoms with Crippen molar-refractivity contribution in [3.05, 3.63) is 35.4 Å². The Bertz CT molecular complexity index is 445. The van der Waals surface area contributed by atoms with Crippen LogP contribution in [0.4, 0.5) is 0 Å². The van der Waals surface area contributed by atoms with Gasteiger partial charge < -0.3 is 11.1 Å². The molecular formula is C17H28N2O. The van der Waals surface area contributed by atoms with E-state index in [9.17, 15) is 4.79 Å². The molecule has 0 heterocycles. The average molecular weight is 276 g/mol. The maximum Gasteiger partial charge on any atom is 0.251 e. The Morgan fingerprint density at radius 2 is 1.70 bits per heavy atom. The quantitative estimate of drug-likeness (QED) is 0.867. The van der Waals surface area contributed by atoms with Crippen molar-refractivity contribution in [2.75, 3.05) is 6.54 Å². The summed E-state index contributed by atoms with van der Waals surface area (Å²) in [6.45, 7) is 11.2. The molecular weight excluding hydrogens is 248 g/mol. The number of nitrogens with one attached hydrogen (secondary N) is 1. The van der Waals surface area contributed by atoms with E-state index in [4.69, 9.17) is 5.73 Å². The summed E-state index contributed by atoms with van der Waals surface area (Å²) in [5.41, 5.74) is 7.43. The third-order valence-electron chi connectivity index (χ3n) is 3.90. The molecule has 3 heteroatoms. The van der Waals surface area contributed by atoms with Gasteiger partial charge in [-0.15, -0.1) is 0 Å². The summed E-state index contributed by atoms with van der Waals surface area (Å²) < 4.78 is 0. The van der Waals surface area contributed by atoms with Crippen LogP contribution in [0.1, 0.15) is 63.4 Å². The first-order valence-electron chi connectivity index (χ1n) is 7.35. The summed E-state index contributed by atoms with van der Waals surface area (Å²) in [7, 11) is 0. The van der Waals surface area contributed by atoms with E-state index in [2.05, 4.69) is 33.0 Å². The van der Waals surface area contributed by atoms with Gasteiger partial charge in [0.05, 0.1) is 0 Å². The standard InChI is InChI=1S/C17H28N2O/c1-6-17(5,11-12-18)19-15(20)13-7-9-14(10-8-13)16(2,3)4/h7-10H,6,11-12,18H2,1-5H3,(H,19,20). The number of rotatable bonds is 5. The smallest absolute Gasteiger partial charge is 0.251 e. The first-order valence-corrected chi connectivity index (χ1v) is 7.35. The van der Waals surface area contributed by atoms with Crippen LogP contribution in [0.25, 0.3) is 0 Å². The SMILES string of the molecule is CCC(C)(CCN)NC(=O)c1ccc(C(C)(C)C)cc1. The molecule has 0 saturated heterocycles. The van der Waals surface area contributed by atoms with Gasteiger partial charge in [-0.2, -0.15) is 0 Å². The highest BCUT2D eigenvalue weighted by Crippen LogP contribution is 2.22. The van der Waals surface area contributed by atoms with Crippen molar-refractivity contribution < 1.29 is 4.79 Å². The summed E-state index contributed by atoms with van der Waals surface area (Å²) >= 11 is 0. The van der Waals surface area contributed by atoms with E-state index in [1.807, 2.05) is 31.2 Å². The van der Waals surface area contributed by atoms with Crippen molar-refractivity contribution >= 4 is 5.91 Å². The first kappa shape index (κ1) is 16.7. The van der Waals surface area contributed by atoms with Crippen molar-refractivity contribution in [3.63, 3.8) is 0 Å². The summed E-state index contributed by atoms with van der Waals surface area (Å²) in [6.07, 6.45) is 1.66. The van der Waals surface area contributed by atoms with Crippen molar-refractivity contribution in [1.82, 2.24) is 5.32 Å². The molecule has 0 aromatic heterocycles. The minimum Gasteiger partial charge on any atom is -0.347 e. The van der Waals surface area contributed by atoms with Gasteiger partial charge in [-0.25, -0.2) is 0 Å². The zero-order valence-corrected chi connectivity index (χ0v) is 13.4. The van der Waals surface area contributed by atoms with Gasteiger partial charge in [-0.05, 0) is 49.4 Å². The van der Waals surface area contributed by atoms with E-state index < -0.39 is 0 Å². The van der Waals surface area contributed by atoms with Crippen molar-refractivity contribution in [2.45, 2.75) is 58.4 Å². The largest absolute Gasteiger partial charge is 0.347 e. The van der Waals surface area contributed by atoms with E-state index >= 15 is 0 Å². The van der Waals surface area contributed by atoms with Gasteiger partial charge in [0.15, 0.2) is 0 Å². The molecule has 1 aromatic rings. The van der Waals surface area contributed by atoms with Crippen LogP contribution in [-0.2, 0) is 5.41 Å². The van der Waals surface area contributed by atoms with Crippen LogP contribution >= 0.6 is 0 Å². The lowest BCUT2D eigenvalue weighted by molar-refractivity contribution is 0.0900. The Hall–Kier alpha value is -1.35. The Morgan fingerprint density at radius 3 is 2.10 bits per heavy atom. The van der Waals surface area contributed by atoms with E-state index in [0.29, 0.717) is 12.1 Å². The molecule has 0 fully saturated rings. The third kappa shape index (κ3) is 4.34. The second kappa shape index (κ2) is 6.40. The highest BCUT2D eigenvalue weighted by atomic mass is 16.1. The fraction of sp³-hybridized carbons (Fsp3) is 0.588. The second-order valence-electron chi connectivity index (χ2n) is 6.73. The van der Waals surface area contributed by atoms with Gasteiger partial charge >= 0.3 is 0 Å². The Balaban J connectivity index is 2.83. The first-order chi connectivity index (χ1) is 9.22. The highest BCUT2D eigenvalue weighted by Gasteiger charge is 2.24. The predicted octanol–water partition coefficient (Wildman–Crippen LogP) is 3.23. The molecule has 0 aliphatic carbocycles. The summed E-state index contributed by atoms with van der Waals surface area (Å²) in [5.74, 6) is -0.0248. The maximum absolute atomic E-state index is 12.3. The topological polar surface area (TPSA) is 55.1 Å². The minimum atomic E-state index is -0.228. The van der Waals surface area contributed by atoms with Gasteiger partial charge in [0.25, 0.3) is 5.91 Å². The lowest BCUT2D eigenvalue weighted by atomic mass is 9.86. The Labute approximate surface area is 122 Å². The van der Waals surface area contributed by atoms with Crippen molar-refractivity contribution in [1.29, 1.82) is 0 Å². The Morgan fingerprint density at radius 1 is 1.15 bits per heavy atom. The Kier molecular flexibility index (Phi) is 5.35. The number of carbonyl (C=O) groups excluding carboxylic acids is 1. The molecule has 1 unspecified atom stereocenters. The second-order valence-corrected chi connectivity index (χ2v) is 6.73. The van der Waals surface area contributed by atoms with Gasteiger partial charge in [-0.1, -0.05) is 39.8 Å². The fourth-order valence-corrected chi connectivity index (χ4v) is 2.11. The molecule has 0 aliphatic heterocycles. The summed E-state index contributed by atoms with van der Waals surface area (Å²) in [6, 6.07) is 7.85. The molecule has 0 saturated carbocycles. The molecule has 1 atom stereocenters. The number of carbonyl (C=O) groups is 1. The molecule has 0 radical (unpaired) electrons. The molecule has 0 bridgehead atoms. The molecule has 1 rings (SSSR count). The lowest BCUT2D eigenvalue weighted by Crippen LogP contribution is -2.46. The third-order valence-corrected chi connectivity index (χ3v) is 3.90. The van der Waals surface area contributed by atoms with Gasteiger partial charge in [0.1, 0.15) is 0 Å². The van der Waals surface area contributed by atoms with Crippen LogP contribution in [0.15, 0.2) is 24.3 Å². The monoisotopic (exact) mass is 276 g/mol. The molecule has 112 valence electrons. The summed E-state index contributed by atoms with van der Waals surface area (Å²) in [4.78, 5) is 12.3. The molecule has 0 spiro atoms. The molecule has 1 aromatic carbocycles. The number of amides is 1. The van der Waals surface area contributed by atoms with Crippen molar-refractivity contribution in [2.24, 2.45) is 5.73 Å². The minimum absolute atomic E-state index is 0.0248. The molecule has 20 heavy (non-hydrogen) atoms. The number of benzene rings is 1. The van der Waals surface area contributed by atoms with E-state index in [1.54, 1.807) is 0 Å². The molecule has 3 N–H and O–H groups in total. The fourth-order valence-electron chi connectivity index (χ4n) is 2.11. The zero-order chi connectivity index (χ0) is 15.4. The van der Waals surface area contributed by atoms with Gasteiger partial charge in [0, 0.05) is 11.1 Å². The van der Waals surface area contributed by atoms with Crippen LogP contribution in [-0.4, -0.2) is 18.0 Å². The highest BCUT2D eigenvalue weighted by molar-refractivity contribution is 5.94. The average Bonchev–Trinajstić information content (AvgIpc) is 2.38. The van der Waals surface area contributed by atoms with E-state index in [-0.39, 0.29) is 16.9 Å². The van der Waals surface area contributed by atoms with Gasteiger partial charge in [0.2, 0.25) is 0 Å². The van der Waals surface area contributed by atoms with Crippen LogP contribution in [0, 0.1) is 0 Å². The van der Waals surface area contributed by atoms with E-state index in [1.165, 1.54) is 5.56 Å². The van der Waals surface area contributed by atoms with Crippen LogP contribution < -0.4 is 11.1 Å². The maximum atomic E-state index is 12.3. The van der Waals surface area contributed by atoms with Crippen LogP contribution in [0.5, 0.6) is 0 Å². The van der Waals surface area contributed by atoms with E-state index in [0.717, 1.165) is 12.8 Å². The lowest BCUT2D eigenvalue weighted by Gasteiger charge is -2.29. The number of nitrogens with two attached hydrogens (primary N) is 1.